The van der Waals surface area contributed by atoms with Crippen LogP contribution in [0.4, 0.5) is 30.7 Å². The molecule has 0 aromatic heterocycles. The lowest BCUT2D eigenvalue weighted by Gasteiger charge is -2.14. The molecule has 21 heavy (non-hydrogen) atoms. The lowest BCUT2D eigenvalue weighted by atomic mass is 10.0. The highest BCUT2D eigenvalue weighted by atomic mass is 35.5. The molecular formula is C13H4ClF7. The van der Waals surface area contributed by atoms with Crippen molar-refractivity contribution in [1.82, 2.24) is 0 Å². The summed E-state index contributed by atoms with van der Waals surface area (Å²) in [5.41, 5.74) is -2.20. The van der Waals surface area contributed by atoms with Crippen molar-refractivity contribution in [3.05, 3.63) is 70.0 Å². The average molecular weight is 329 g/mol. The SMILES string of the molecule is Fc1ccc(F)c(C(Cl)c2c(F)c(F)c(F)c(F)c2F)c1. The van der Waals surface area contributed by atoms with Crippen LogP contribution < -0.4 is 0 Å². The normalized spacial score (nSPS) is 12.6. The van der Waals surface area contributed by atoms with Crippen LogP contribution >= 0.6 is 11.6 Å². The van der Waals surface area contributed by atoms with Crippen molar-refractivity contribution < 1.29 is 30.7 Å². The van der Waals surface area contributed by atoms with Crippen LogP contribution in [0.5, 0.6) is 0 Å². The van der Waals surface area contributed by atoms with Crippen LogP contribution in [0.1, 0.15) is 16.5 Å². The van der Waals surface area contributed by atoms with Crippen LogP contribution in [0.2, 0.25) is 0 Å². The van der Waals surface area contributed by atoms with Gasteiger partial charge >= 0.3 is 0 Å². The molecule has 0 spiro atoms. The molecule has 0 aliphatic heterocycles. The van der Waals surface area contributed by atoms with Gasteiger partial charge in [0.25, 0.3) is 0 Å². The molecule has 2 rings (SSSR count). The second-order valence-electron chi connectivity index (χ2n) is 4.01. The highest BCUT2D eigenvalue weighted by Gasteiger charge is 2.31. The van der Waals surface area contributed by atoms with E-state index in [0.717, 1.165) is 0 Å². The van der Waals surface area contributed by atoms with Gasteiger partial charge in [0, 0.05) is 5.56 Å². The predicted octanol–water partition coefficient (Wildman–Crippen LogP) is 4.99. The third kappa shape index (κ3) is 2.57. The zero-order valence-corrected chi connectivity index (χ0v) is 10.6. The monoisotopic (exact) mass is 328 g/mol. The van der Waals surface area contributed by atoms with Crippen molar-refractivity contribution in [3.63, 3.8) is 0 Å². The van der Waals surface area contributed by atoms with Crippen molar-refractivity contribution in [3.8, 4) is 0 Å². The molecule has 1 unspecified atom stereocenters. The Balaban J connectivity index is 2.69. The number of halogens is 8. The molecule has 2 aromatic rings. The summed E-state index contributed by atoms with van der Waals surface area (Å²) in [6.45, 7) is 0. The predicted molar refractivity (Wildman–Crippen MR) is 60.3 cm³/mol. The largest absolute Gasteiger partial charge is 0.207 e. The molecule has 0 aliphatic carbocycles. The summed E-state index contributed by atoms with van der Waals surface area (Å²) >= 11 is 5.57. The molecule has 0 fully saturated rings. The molecule has 0 N–H and O–H groups in total. The first kappa shape index (κ1) is 15.6. The third-order valence-corrected chi connectivity index (χ3v) is 3.18. The zero-order chi connectivity index (χ0) is 15.9. The summed E-state index contributed by atoms with van der Waals surface area (Å²) in [4.78, 5) is 0. The third-order valence-electron chi connectivity index (χ3n) is 2.73. The maximum absolute atomic E-state index is 13.5. The van der Waals surface area contributed by atoms with Crippen LogP contribution in [-0.4, -0.2) is 0 Å². The van der Waals surface area contributed by atoms with Gasteiger partial charge in [0.15, 0.2) is 23.3 Å². The molecule has 0 aliphatic rings. The molecule has 0 saturated heterocycles. The number of hydrogen-bond acceptors (Lipinski definition) is 0. The number of hydrogen-bond donors (Lipinski definition) is 0. The Bertz CT molecular complexity index is 685. The molecule has 112 valence electrons. The first-order chi connectivity index (χ1) is 9.75. The lowest BCUT2D eigenvalue weighted by molar-refractivity contribution is 0.370. The second-order valence-corrected chi connectivity index (χ2v) is 4.45. The van der Waals surface area contributed by atoms with E-state index in [2.05, 4.69) is 0 Å². The van der Waals surface area contributed by atoms with E-state index >= 15 is 0 Å². The molecule has 0 radical (unpaired) electrons. The Labute approximate surface area is 118 Å². The second kappa shape index (κ2) is 5.55. The summed E-state index contributed by atoms with van der Waals surface area (Å²) in [6, 6.07) is 1.83. The fourth-order valence-corrected chi connectivity index (χ4v) is 2.07. The van der Waals surface area contributed by atoms with Crippen LogP contribution in [0, 0.1) is 40.7 Å². The molecule has 0 saturated carbocycles. The van der Waals surface area contributed by atoms with Gasteiger partial charge in [-0.3, -0.25) is 0 Å². The van der Waals surface area contributed by atoms with Gasteiger partial charge < -0.3 is 0 Å². The minimum Gasteiger partial charge on any atom is -0.207 e. The highest BCUT2D eigenvalue weighted by Crippen LogP contribution is 2.36. The Hall–Kier alpha value is -1.76. The van der Waals surface area contributed by atoms with Gasteiger partial charge in [0.1, 0.15) is 11.6 Å². The Morgan fingerprint density at radius 3 is 1.71 bits per heavy atom. The summed E-state index contributed by atoms with van der Waals surface area (Å²) in [5.74, 6) is -13.3. The van der Waals surface area contributed by atoms with Crippen LogP contribution in [0.25, 0.3) is 0 Å². The van der Waals surface area contributed by atoms with E-state index in [0.29, 0.717) is 18.2 Å². The van der Waals surface area contributed by atoms with Gasteiger partial charge in [-0.15, -0.1) is 11.6 Å². The Morgan fingerprint density at radius 1 is 0.714 bits per heavy atom. The fraction of sp³-hybridized carbons (Fsp3) is 0.0769. The van der Waals surface area contributed by atoms with Crippen LogP contribution in [0.15, 0.2) is 18.2 Å². The summed E-state index contributed by atoms with van der Waals surface area (Å²) in [6.07, 6.45) is 0. The topological polar surface area (TPSA) is 0 Å². The van der Waals surface area contributed by atoms with Gasteiger partial charge in [-0.25, -0.2) is 30.7 Å². The highest BCUT2D eigenvalue weighted by molar-refractivity contribution is 6.22. The smallest absolute Gasteiger partial charge is 0.200 e. The quantitative estimate of drug-likeness (QED) is 0.315. The van der Waals surface area contributed by atoms with E-state index in [1.54, 1.807) is 0 Å². The minimum absolute atomic E-state index is 0.505. The Kier molecular flexibility index (Phi) is 4.13. The van der Waals surface area contributed by atoms with E-state index in [9.17, 15) is 30.7 Å². The standard InChI is InChI=1S/C13H4ClF7/c14-8(5-3-4(15)1-2-6(5)16)7-9(17)11(19)13(21)12(20)10(7)18/h1-3,8H. The van der Waals surface area contributed by atoms with E-state index in [1.807, 2.05) is 0 Å². The van der Waals surface area contributed by atoms with Crippen molar-refractivity contribution in [2.24, 2.45) is 0 Å². The van der Waals surface area contributed by atoms with E-state index < -0.39 is 57.2 Å². The van der Waals surface area contributed by atoms with Gasteiger partial charge in [-0.1, -0.05) is 0 Å². The molecule has 8 heteroatoms. The molecule has 0 bridgehead atoms. The van der Waals surface area contributed by atoms with Crippen molar-refractivity contribution >= 4 is 11.6 Å². The van der Waals surface area contributed by atoms with Crippen molar-refractivity contribution in [2.75, 3.05) is 0 Å². The molecular weight excluding hydrogens is 325 g/mol. The van der Waals surface area contributed by atoms with E-state index in [4.69, 9.17) is 11.6 Å². The number of alkyl halides is 1. The maximum atomic E-state index is 13.5. The molecule has 0 nitrogen and oxygen atoms in total. The number of benzene rings is 2. The minimum atomic E-state index is -2.36. The zero-order valence-electron chi connectivity index (χ0n) is 9.83. The fourth-order valence-electron chi connectivity index (χ4n) is 1.71. The van der Waals surface area contributed by atoms with Crippen molar-refractivity contribution in [2.45, 2.75) is 5.38 Å². The summed E-state index contributed by atoms with van der Waals surface area (Å²) in [5, 5.41) is -2.09. The molecule has 0 amide bonds. The van der Waals surface area contributed by atoms with Gasteiger partial charge in [-0.05, 0) is 18.2 Å². The van der Waals surface area contributed by atoms with E-state index in [-0.39, 0.29) is 0 Å². The van der Waals surface area contributed by atoms with E-state index in [1.165, 1.54) is 0 Å². The molecule has 0 heterocycles. The van der Waals surface area contributed by atoms with Gasteiger partial charge in [0.05, 0.1) is 10.9 Å². The Morgan fingerprint density at radius 2 is 1.19 bits per heavy atom. The van der Waals surface area contributed by atoms with Gasteiger partial charge in [-0.2, -0.15) is 0 Å². The first-order valence-electron chi connectivity index (χ1n) is 5.36. The summed E-state index contributed by atoms with van der Waals surface area (Å²) < 4.78 is 92.7. The average Bonchev–Trinajstić information content (AvgIpc) is 2.45. The summed E-state index contributed by atoms with van der Waals surface area (Å²) in [7, 11) is 0. The van der Waals surface area contributed by atoms with Gasteiger partial charge in [0.2, 0.25) is 5.82 Å². The van der Waals surface area contributed by atoms with Crippen molar-refractivity contribution in [1.29, 1.82) is 0 Å². The lowest BCUT2D eigenvalue weighted by Crippen LogP contribution is -2.10. The first-order valence-corrected chi connectivity index (χ1v) is 5.79. The maximum Gasteiger partial charge on any atom is 0.200 e. The number of rotatable bonds is 2. The van der Waals surface area contributed by atoms with Crippen LogP contribution in [0.3, 0.4) is 0 Å². The molecule has 2 aromatic carbocycles. The molecule has 1 atom stereocenters. The van der Waals surface area contributed by atoms with Crippen LogP contribution in [-0.2, 0) is 0 Å².